The van der Waals surface area contributed by atoms with Gasteiger partial charge in [0.1, 0.15) is 73.4 Å². The smallest absolute Gasteiger partial charge is 0.308 e. The van der Waals surface area contributed by atoms with Crippen LogP contribution in [0.1, 0.15) is 87.5 Å². The quantitative estimate of drug-likeness (QED) is 0.0724. The van der Waals surface area contributed by atoms with Gasteiger partial charge >= 0.3 is 5.97 Å². The summed E-state index contributed by atoms with van der Waals surface area (Å²) < 4.78 is 68.1. The summed E-state index contributed by atoms with van der Waals surface area (Å²) in [5.41, 5.74) is -0.973. The Morgan fingerprint density at radius 3 is 2.01 bits per heavy atom. The van der Waals surface area contributed by atoms with Crippen LogP contribution in [0.15, 0.2) is 23.8 Å². The molecule has 0 aromatic heterocycles. The Labute approximate surface area is 440 Å². The Morgan fingerprint density at radius 2 is 1.41 bits per heavy atom. The SMILES string of the molecule is CCC1OC(=O)C[C@@H](O)[C@H](C)C(O[C@@H]2O[C@H](C)[C@@H](O[C@H]3C[C@@](C)(O)[C@@H](O)[C@H](C)O3)[C@H](N(C)C)[C@H]2O[C@@H]2O[C@H](CO)[C@@H](O)[C@H](O)[C@H]2O)[C@@H](CC=O)C[C@@H](C)C(=O)/C=C\C(C)=C\[C@@H]1CO[C@@H]1O[C@H](C)[C@@H](O)[C@@H](OC)[C@H]1OC. The molecule has 2 unspecified atom stereocenters. The molecular formula is C52H87NO22. The van der Waals surface area contributed by atoms with Crippen molar-refractivity contribution in [2.24, 2.45) is 23.7 Å². The molecule has 4 fully saturated rings. The van der Waals surface area contributed by atoms with E-state index in [9.17, 15) is 55.2 Å². The van der Waals surface area contributed by atoms with Crippen LogP contribution < -0.4 is 0 Å². The van der Waals surface area contributed by atoms with E-state index in [4.69, 9.17) is 52.1 Å². The number of rotatable bonds is 16. The van der Waals surface area contributed by atoms with Gasteiger partial charge in [0, 0.05) is 44.8 Å². The number of allylic oxidation sites excluding steroid dienone is 3. The van der Waals surface area contributed by atoms with Gasteiger partial charge in [-0.05, 0) is 73.5 Å². The zero-order valence-electron chi connectivity index (χ0n) is 45.4. The summed E-state index contributed by atoms with van der Waals surface area (Å²) in [5, 5.41) is 87.6. The highest BCUT2D eigenvalue weighted by Gasteiger charge is 2.55. The maximum atomic E-state index is 14.1. The van der Waals surface area contributed by atoms with E-state index >= 15 is 0 Å². The summed E-state index contributed by atoms with van der Waals surface area (Å²) >= 11 is 0. The summed E-state index contributed by atoms with van der Waals surface area (Å²) in [4.78, 5) is 42.4. The van der Waals surface area contributed by atoms with Crippen molar-refractivity contribution in [1.82, 2.24) is 4.90 Å². The lowest BCUT2D eigenvalue weighted by atomic mass is 9.79. The number of aldehydes is 1. The number of carbonyl (C=O) groups excluding carboxylic acids is 3. The van der Waals surface area contributed by atoms with Gasteiger partial charge in [-0.15, -0.1) is 0 Å². The average Bonchev–Trinajstić information content (AvgIpc) is 3.35. The van der Waals surface area contributed by atoms with Crippen molar-refractivity contribution in [3.05, 3.63) is 23.8 Å². The number of hydrogen-bond acceptors (Lipinski definition) is 23. The summed E-state index contributed by atoms with van der Waals surface area (Å²) in [6, 6.07) is -0.931. The predicted octanol–water partition coefficient (Wildman–Crippen LogP) is -0.342. The number of ether oxygens (including phenoxy) is 11. The maximum absolute atomic E-state index is 14.1. The molecule has 0 amide bonds. The molecule has 0 bridgehead atoms. The fourth-order valence-corrected chi connectivity index (χ4v) is 11.0. The molecule has 0 radical (unpaired) electrons. The highest BCUT2D eigenvalue weighted by molar-refractivity contribution is 5.91. The summed E-state index contributed by atoms with van der Waals surface area (Å²) in [7, 11) is 6.29. The Balaban J connectivity index is 1.52. The molecule has 0 aromatic carbocycles. The topological polar surface area (TPSA) is 318 Å². The molecule has 23 nitrogen and oxygen atoms in total. The van der Waals surface area contributed by atoms with E-state index in [0.29, 0.717) is 18.3 Å². The molecule has 5 heterocycles. The van der Waals surface area contributed by atoms with Crippen molar-refractivity contribution in [2.45, 2.75) is 222 Å². The first-order valence-corrected chi connectivity index (χ1v) is 26.2. The van der Waals surface area contributed by atoms with Crippen molar-refractivity contribution in [3.8, 4) is 0 Å². The second-order valence-electron chi connectivity index (χ2n) is 21.6. The average molecular weight is 1080 g/mol. The first-order chi connectivity index (χ1) is 35.3. The monoisotopic (exact) mass is 1080 g/mol. The number of ketones is 1. The van der Waals surface area contributed by atoms with Crippen LogP contribution >= 0.6 is 0 Å². The van der Waals surface area contributed by atoms with E-state index in [2.05, 4.69) is 0 Å². The lowest BCUT2D eigenvalue weighted by molar-refractivity contribution is -0.378. The molecule has 26 atom stereocenters. The molecular weight excluding hydrogens is 991 g/mol. The second-order valence-corrected chi connectivity index (χ2v) is 21.6. The van der Waals surface area contributed by atoms with Crippen LogP contribution in [0.5, 0.6) is 0 Å². The van der Waals surface area contributed by atoms with Crippen LogP contribution in [0.3, 0.4) is 0 Å². The number of cyclic esters (lactones) is 1. The number of nitrogens with zero attached hydrogens (tertiary/aromatic N) is 1. The lowest BCUT2D eigenvalue weighted by Crippen LogP contribution is -2.68. The van der Waals surface area contributed by atoms with Crippen LogP contribution in [0.25, 0.3) is 0 Å². The van der Waals surface area contributed by atoms with Gasteiger partial charge in [0.15, 0.2) is 30.9 Å². The van der Waals surface area contributed by atoms with Gasteiger partial charge in [-0.1, -0.05) is 38.5 Å². The van der Waals surface area contributed by atoms with E-state index < -0.39 is 177 Å². The van der Waals surface area contributed by atoms with Gasteiger partial charge in [-0.3, -0.25) is 9.59 Å². The van der Waals surface area contributed by atoms with Gasteiger partial charge in [0.25, 0.3) is 0 Å². The molecule has 23 heteroatoms. The molecule has 0 aromatic rings. The molecule has 5 aliphatic rings. The van der Waals surface area contributed by atoms with Crippen molar-refractivity contribution < 1.29 is 107 Å². The van der Waals surface area contributed by atoms with E-state index in [1.807, 2.05) is 13.0 Å². The van der Waals surface area contributed by atoms with E-state index in [1.54, 1.807) is 66.6 Å². The zero-order chi connectivity index (χ0) is 55.8. The Bertz CT molecular complexity index is 1870. The molecule has 0 aliphatic carbocycles. The number of methoxy groups -OCH3 is 2. The van der Waals surface area contributed by atoms with E-state index in [-0.39, 0.29) is 31.7 Å². The van der Waals surface area contributed by atoms with Crippen molar-refractivity contribution in [3.63, 3.8) is 0 Å². The first kappa shape index (κ1) is 63.4. The summed E-state index contributed by atoms with van der Waals surface area (Å²) in [6.45, 7) is 12.5. The molecule has 75 heavy (non-hydrogen) atoms. The number of hydrogen-bond donors (Lipinski definition) is 8. The highest BCUT2D eigenvalue weighted by atomic mass is 16.8. The largest absolute Gasteiger partial charge is 0.462 e. The van der Waals surface area contributed by atoms with Crippen LogP contribution in [0, 0.1) is 23.7 Å². The van der Waals surface area contributed by atoms with Crippen molar-refractivity contribution >= 4 is 18.0 Å². The Morgan fingerprint density at radius 1 is 0.760 bits per heavy atom. The van der Waals surface area contributed by atoms with Gasteiger partial charge in [0.05, 0.1) is 61.8 Å². The van der Waals surface area contributed by atoms with Crippen LogP contribution in [-0.4, -0.2) is 240 Å². The molecule has 0 spiro atoms. The minimum absolute atomic E-state index is 0.0508. The Kier molecular flexibility index (Phi) is 23.7. The molecule has 8 N–H and O–H groups in total. The fraction of sp³-hybridized carbons (Fsp3) is 0.865. The number of aliphatic hydroxyl groups is 8. The van der Waals surface area contributed by atoms with Crippen LogP contribution in [0.2, 0.25) is 0 Å². The van der Waals surface area contributed by atoms with Crippen LogP contribution in [0.4, 0.5) is 0 Å². The normalized spacial score (nSPS) is 47.2. The highest BCUT2D eigenvalue weighted by Crippen LogP contribution is 2.40. The third-order valence-electron chi connectivity index (χ3n) is 15.5. The minimum Gasteiger partial charge on any atom is -0.462 e. The number of likely N-dealkylation sites (N-methyl/N-ethyl adjacent to an activating group) is 1. The maximum Gasteiger partial charge on any atom is 0.308 e. The summed E-state index contributed by atoms with van der Waals surface area (Å²) in [6.07, 6.45) is -19.1. The minimum atomic E-state index is -1.87. The van der Waals surface area contributed by atoms with E-state index in [0.717, 1.165) is 0 Å². The van der Waals surface area contributed by atoms with Gasteiger partial charge in [-0.25, -0.2) is 0 Å². The molecule has 0 saturated carbocycles. The van der Waals surface area contributed by atoms with Gasteiger partial charge in [0.2, 0.25) is 0 Å². The predicted molar refractivity (Wildman–Crippen MR) is 263 cm³/mol. The van der Waals surface area contributed by atoms with Gasteiger partial charge in [-0.2, -0.15) is 0 Å². The molecule has 5 aliphatic heterocycles. The van der Waals surface area contributed by atoms with Crippen molar-refractivity contribution in [2.75, 3.05) is 41.5 Å². The molecule has 5 rings (SSSR count). The standard InChI is InChI=1S/C52H87NO22/c1-13-34-31(23-67-50-47(66-12)46(65-11)39(59)27(5)69-50)18-24(2)14-15-32(56)25(3)19-30(16-17-54)43(26(4)33(57)20-36(58)71-34)74-51-45(75-49-42(62)41(61)40(60)35(22-55)72-49)38(53(9)10)44(28(6)70-51)73-37-21-52(8,64)48(63)29(7)68-37/h14-15,17-18,25-31,33-35,37-51,55,57,59-64H,13,16,19-23H2,1-12H3/b15-14-,24-18+/t25-,26+,27-,28-,29+,30+,31-,33-,34?,35-,37+,38+,39-,40-,41+,42-,43?,44-,45-,46-,47-,48+,49+,50-,51+,52-/m1/s1. The number of carbonyl (C=O) groups is 3. The summed E-state index contributed by atoms with van der Waals surface area (Å²) in [5.74, 6) is -4.20. The zero-order valence-corrected chi connectivity index (χ0v) is 45.4. The van der Waals surface area contributed by atoms with Crippen LogP contribution in [-0.2, 0) is 66.5 Å². The number of aliphatic hydroxyl groups excluding tert-OH is 7. The molecule has 4 saturated heterocycles. The van der Waals surface area contributed by atoms with E-state index in [1.165, 1.54) is 27.2 Å². The third kappa shape index (κ3) is 15.5. The first-order valence-electron chi connectivity index (χ1n) is 26.2. The Hall–Kier alpha value is -2.47. The molecule has 432 valence electrons. The third-order valence-corrected chi connectivity index (χ3v) is 15.5. The number of esters is 1. The van der Waals surface area contributed by atoms with Crippen molar-refractivity contribution in [1.29, 1.82) is 0 Å². The fourth-order valence-electron chi connectivity index (χ4n) is 11.0. The lowest BCUT2D eigenvalue weighted by Gasteiger charge is -2.52. The second kappa shape index (κ2) is 28.1. The van der Waals surface area contributed by atoms with Gasteiger partial charge < -0.3 is 103 Å².